The predicted molar refractivity (Wildman–Crippen MR) is 79.9 cm³/mol. The van der Waals surface area contributed by atoms with Crippen LogP contribution in [0.2, 0.25) is 0 Å². The number of hydrogen-bond acceptors (Lipinski definition) is 6. The Balaban J connectivity index is 2.06. The van der Waals surface area contributed by atoms with E-state index >= 15 is 0 Å². The van der Waals surface area contributed by atoms with Crippen molar-refractivity contribution in [2.75, 3.05) is 0 Å². The molecule has 22 heavy (non-hydrogen) atoms. The number of nitrogens with two attached hydrogens (primary N) is 2. The molecule has 3 rings (SSSR count). The van der Waals surface area contributed by atoms with Gasteiger partial charge in [0, 0.05) is 5.56 Å². The van der Waals surface area contributed by atoms with Crippen molar-refractivity contribution in [3.05, 3.63) is 35.7 Å². The van der Waals surface area contributed by atoms with Crippen molar-refractivity contribution in [1.29, 1.82) is 0 Å². The van der Waals surface area contributed by atoms with Gasteiger partial charge < -0.3 is 11.5 Å². The summed E-state index contributed by atoms with van der Waals surface area (Å²) in [4.78, 5) is 22.8. The molecule has 2 amide bonds. The fourth-order valence-corrected chi connectivity index (χ4v) is 3.02. The highest BCUT2D eigenvalue weighted by molar-refractivity contribution is 7.19. The van der Waals surface area contributed by atoms with Crippen molar-refractivity contribution in [2.24, 2.45) is 11.5 Å². The Morgan fingerprint density at radius 2 is 1.82 bits per heavy atom. The van der Waals surface area contributed by atoms with Gasteiger partial charge >= 0.3 is 0 Å². The van der Waals surface area contributed by atoms with E-state index in [1.165, 1.54) is 15.9 Å². The van der Waals surface area contributed by atoms with Crippen LogP contribution in [0, 0.1) is 0 Å². The lowest BCUT2D eigenvalue weighted by Gasteiger charge is -2.04. The summed E-state index contributed by atoms with van der Waals surface area (Å²) >= 11 is 1.31. The minimum absolute atomic E-state index is 0.0345. The number of aromatic nitrogens is 4. The standard InChI is InChI=1S/C13H12N6O2S/c14-9(20)5-7-3-1-2-4-8(7)12-18-19-11(6-10(15)21)16-17-13(19)22-12/h1-4H,5-6H2,(H2,14,20)(H2,15,21). The Labute approximate surface area is 128 Å². The number of fused-ring (bicyclic) bond motifs is 1. The molecule has 0 saturated carbocycles. The average Bonchev–Trinajstić information content (AvgIpc) is 3.00. The third kappa shape index (κ3) is 2.66. The monoisotopic (exact) mass is 316 g/mol. The molecule has 0 saturated heterocycles. The minimum Gasteiger partial charge on any atom is -0.369 e. The zero-order chi connectivity index (χ0) is 15.7. The smallest absolute Gasteiger partial charge is 0.234 e. The van der Waals surface area contributed by atoms with Crippen LogP contribution in [0.25, 0.3) is 15.5 Å². The van der Waals surface area contributed by atoms with Crippen molar-refractivity contribution in [2.45, 2.75) is 12.8 Å². The van der Waals surface area contributed by atoms with Crippen LogP contribution < -0.4 is 11.5 Å². The van der Waals surface area contributed by atoms with Crippen molar-refractivity contribution in [1.82, 2.24) is 19.8 Å². The molecule has 3 aromatic rings. The van der Waals surface area contributed by atoms with E-state index in [0.29, 0.717) is 15.8 Å². The molecule has 4 N–H and O–H groups in total. The minimum atomic E-state index is -0.502. The van der Waals surface area contributed by atoms with E-state index in [1.807, 2.05) is 24.3 Å². The van der Waals surface area contributed by atoms with E-state index in [4.69, 9.17) is 11.5 Å². The fourth-order valence-electron chi connectivity index (χ4n) is 2.10. The number of amides is 2. The van der Waals surface area contributed by atoms with Gasteiger partial charge in [-0.3, -0.25) is 9.59 Å². The number of carbonyl (C=O) groups is 2. The quantitative estimate of drug-likeness (QED) is 0.679. The predicted octanol–water partition coefficient (Wildman–Crippen LogP) is -0.0916. The van der Waals surface area contributed by atoms with Crippen molar-refractivity contribution >= 4 is 28.1 Å². The Hall–Kier alpha value is -2.81. The molecule has 0 fully saturated rings. The van der Waals surface area contributed by atoms with Gasteiger partial charge in [-0.25, -0.2) is 0 Å². The van der Waals surface area contributed by atoms with Gasteiger partial charge in [0.25, 0.3) is 0 Å². The summed E-state index contributed by atoms with van der Waals surface area (Å²) in [6.45, 7) is 0. The molecule has 0 aliphatic heterocycles. The molecule has 0 bridgehead atoms. The summed E-state index contributed by atoms with van der Waals surface area (Å²) in [5.41, 5.74) is 12.0. The molecule has 112 valence electrons. The SMILES string of the molecule is NC(=O)Cc1ccccc1-c1nn2c(CC(N)=O)nnc2s1. The third-order valence-corrected chi connectivity index (χ3v) is 3.93. The Morgan fingerprint density at radius 3 is 2.55 bits per heavy atom. The van der Waals surface area contributed by atoms with E-state index in [0.717, 1.165) is 11.1 Å². The molecule has 1 aromatic carbocycles. The summed E-state index contributed by atoms with van der Waals surface area (Å²) < 4.78 is 1.49. The number of benzene rings is 1. The number of primary amides is 2. The first-order valence-corrected chi connectivity index (χ1v) is 7.22. The molecule has 0 radical (unpaired) electrons. The number of rotatable bonds is 5. The van der Waals surface area contributed by atoms with Crippen LogP contribution in [0.1, 0.15) is 11.4 Å². The van der Waals surface area contributed by atoms with Crippen LogP contribution >= 0.6 is 11.3 Å². The molecule has 0 aliphatic rings. The molecule has 0 unspecified atom stereocenters. The summed E-state index contributed by atoms with van der Waals surface area (Å²) in [6, 6.07) is 7.37. The van der Waals surface area contributed by atoms with Gasteiger partial charge in [0.15, 0.2) is 5.82 Å². The Morgan fingerprint density at radius 1 is 1.09 bits per heavy atom. The molecule has 2 aromatic heterocycles. The first-order valence-electron chi connectivity index (χ1n) is 6.40. The second-order valence-electron chi connectivity index (χ2n) is 4.66. The second-order valence-corrected chi connectivity index (χ2v) is 5.62. The van der Waals surface area contributed by atoms with Gasteiger partial charge in [0.2, 0.25) is 16.8 Å². The number of nitrogens with zero attached hydrogens (tertiary/aromatic N) is 4. The Bertz CT molecular complexity index is 868. The van der Waals surface area contributed by atoms with Crippen LogP contribution in [0.3, 0.4) is 0 Å². The maximum atomic E-state index is 11.2. The first-order chi connectivity index (χ1) is 10.5. The largest absolute Gasteiger partial charge is 0.369 e. The Kier molecular flexibility index (Phi) is 3.55. The topological polar surface area (TPSA) is 129 Å². The molecule has 2 heterocycles. The summed E-state index contributed by atoms with van der Waals surface area (Å²) in [6.07, 6.45) is 0.0950. The van der Waals surface area contributed by atoms with Crippen molar-refractivity contribution < 1.29 is 9.59 Å². The highest BCUT2D eigenvalue weighted by Crippen LogP contribution is 2.28. The van der Waals surface area contributed by atoms with Gasteiger partial charge in [-0.05, 0) is 5.56 Å². The average molecular weight is 316 g/mol. The first kappa shape index (κ1) is 14.1. The highest BCUT2D eigenvalue weighted by atomic mass is 32.1. The molecule has 0 atom stereocenters. The zero-order valence-corrected chi connectivity index (χ0v) is 12.2. The summed E-state index contributed by atoms with van der Waals surface area (Å²) in [5.74, 6) is -0.528. The number of carbonyl (C=O) groups excluding carboxylic acids is 2. The summed E-state index contributed by atoms with van der Waals surface area (Å²) in [5, 5.41) is 13.0. The molecular formula is C13H12N6O2S. The van der Waals surface area contributed by atoms with E-state index in [2.05, 4.69) is 15.3 Å². The van der Waals surface area contributed by atoms with Crippen molar-refractivity contribution in [3.63, 3.8) is 0 Å². The van der Waals surface area contributed by atoms with Crippen molar-refractivity contribution in [3.8, 4) is 10.6 Å². The van der Waals surface area contributed by atoms with Crippen LogP contribution in [0.4, 0.5) is 0 Å². The maximum absolute atomic E-state index is 11.2. The van der Waals surface area contributed by atoms with Gasteiger partial charge in [0.05, 0.1) is 12.8 Å². The lowest BCUT2D eigenvalue weighted by molar-refractivity contribution is -0.118. The van der Waals surface area contributed by atoms with E-state index in [-0.39, 0.29) is 12.8 Å². The maximum Gasteiger partial charge on any atom is 0.234 e. The number of hydrogen-bond donors (Lipinski definition) is 2. The van der Waals surface area contributed by atoms with E-state index in [9.17, 15) is 9.59 Å². The molecular weight excluding hydrogens is 304 g/mol. The lowest BCUT2D eigenvalue weighted by atomic mass is 10.1. The van der Waals surface area contributed by atoms with E-state index < -0.39 is 11.8 Å². The molecule has 9 heteroatoms. The normalized spacial score (nSPS) is 10.9. The second kappa shape index (κ2) is 5.53. The molecule has 8 nitrogen and oxygen atoms in total. The van der Waals surface area contributed by atoms with Crippen LogP contribution in [0.5, 0.6) is 0 Å². The van der Waals surface area contributed by atoms with Crippen LogP contribution in [-0.4, -0.2) is 31.6 Å². The third-order valence-electron chi connectivity index (χ3n) is 3.00. The highest BCUT2D eigenvalue weighted by Gasteiger charge is 2.16. The van der Waals surface area contributed by atoms with Gasteiger partial charge in [-0.15, -0.1) is 10.2 Å². The van der Waals surface area contributed by atoms with Gasteiger partial charge in [0.1, 0.15) is 5.01 Å². The van der Waals surface area contributed by atoms with Gasteiger partial charge in [-0.2, -0.15) is 9.61 Å². The molecule has 0 aliphatic carbocycles. The fraction of sp³-hybridized carbons (Fsp3) is 0.154. The van der Waals surface area contributed by atoms with Crippen LogP contribution in [0.15, 0.2) is 24.3 Å². The molecule has 0 spiro atoms. The van der Waals surface area contributed by atoms with E-state index in [1.54, 1.807) is 0 Å². The van der Waals surface area contributed by atoms with Gasteiger partial charge in [-0.1, -0.05) is 35.6 Å². The zero-order valence-electron chi connectivity index (χ0n) is 11.4. The summed E-state index contributed by atoms with van der Waals surface area (Å²) in [7, 11) is 0. The van der Waals surface area contributed by atoms with Crippen LogP contribution in [-0.2, 0) is 22.4 Å². The lowest BCUT2D eigenvalue weighted by Crippen LogP contribution is -2.16.